The zero-order chi connectivity index (χ0) is 53.4. The number of fused-ring (bicyclic) bond motifs is 8. The maximum absolute atomic E-state index is 2.75. The van der Waals surface area contributed by atoms with Gasteiger partial charge in [0.2, 0.25) is 0 Å². The average Bonchev–Trinajstić information content (AvgIpc) is 3.69. The van der Waals surface area contributed by atoms with Crippen LogP contribution in [-0.4, -0.2) is 14.8 Å². The molecule has 0 unspecified atom stereocenters. The Morgan fingerprint density at radius 3 is 1.50 bits per heavy atom. The number of hydrogen-bond donors (Lipinski definition) is 0. The van der Waals surface area contributed by atoms with E-state index in [2.05, 4.69) is 250 Å². The van der Waals surface area contributed by atoms with E-state index in [1.165, 1.54) is 141 Å². The van der Waals surface area contributed by atoms with Gasteiger partial charge in [0.1, 0.15) is 0 Å². The van der Waals surface area contributed by atoms with Gasteiger partial charge in [0, 0.05) is 33.1 Å². The summed E-state index contributed by atoms with van der Waals surface area (Å²) in [5.41, 5.74) is 23.5. The van der Waals surface area contributed by atoms with Gasteiger partial charge in [0.25, 0.3) is 6.71 Å². The van der Waals surface area contributed by atoms with E-state index in [0.717, 1.165) is 0 Å². The van der Waals surface area contributed by atoms with Crippen molar-refractivity contribution >= 4 is 91.2 Å². The predicted octanol–water partition coefficient (Wildman–Crippen LogP) is 17.8. The van der Waals surface area contributed by atoms with Crippen LogP contribution >= 0.6 is 11.3 Å². The zero-order valence-corrected chi connectivity index (χ0v) is 50.8. The fourth-order valence-electron chi connectivity index (χ4n) is 13.2. The summed E-state index contributed by atoms with van der Waals surface area (Å²) in [6, 6.07) is 43.0. The second kappa shape index (κ2) is 16.3. The van der Waals surface area contributed by atoms with Crippen molar-refractivity contribution in [1.82, 2.24) is 0 Å². The number of anilines is 6. The molecule has 0 amide bonds. The van der Waals surface area contributed by atoms with Crippen molar-refractivity contribution in [2.75, 3.05) is 9.80 Å². The van der Waals surface area contributed by atoms with Gasteiger partial charge in [-0.2, -0.15) is 0 Å². The highest BCUT2D eigenvalue weighted by molar-refractivity contribution is 7.26. The minimum Gasteiger partial charge on any atom is -0.311 e. The summed E-state index contributed by atoms with van der Waals surface area (Å²) in [7, 11) is -1.55. The Morgan fingerprint density at radius 1 is 0.446 bits per heavy atom. The van der Waals surface area contributed by atoms with Gasteiger partial charge in [0.05, 0.1) is 13.1 Å². The maximum atomic E-state index is 2.75. The van der Waals surface area contributed by atoms with Gasteiger partial charge < -0.3 is 9.80 Å². The zero-order valence-electron chi connectivity index (χ0n) is 49.0. The van der Waals surface area contributed by atoms with Crippen LogP contribution in [0.5, 0.6) is 0 Å². The third kappa shape index (κ3) is 8.22. The lowest BCUT2D eigenvalue weighted by Crippen LogP contribution is -2.61. The molecule has 0 radical (unpaired) electrons. The van der Waals surface area contributed by atoms with Crippen molar-refractivity contribution in [3.05, 3.63) is 142 Å². The highest BCUT2D eigenvalue weighted by Gasteiger charge is 2.48. The molecule has 384 valence electrons. The minimum absolute atomic E-state index is 0.0160. The molecular formula is C69H85BN2SSi. The van der Waals surface area contributed by atoms with Crippen molar-refractivity contribution in [2.24, 2.45) is 0 Å². The van der Waals surface area contributed by atoms with E-state index < -0.39 is 8.07 Å². The van der Waals surface area contributed by atoms with E-state index in [1.54, 1.807) is 0 Å². The quantitative estimate of drug-likeness (QED) is 0.162. The second-order valence-corrected chi connectivity index (χ2v) is 36.2. The van der Waals surface area contributed by atoms with E-state index in [1.807, 2.05) is 11.3 Å². The summed E-state index contributed by atoms with van der Waals surface area (Å²) in [5.74, 6) is 0. The van der Waals surface area contributed by atoms with Crippen LogP contribution in [0.25, 0.3) is 21.2 Å². The summed E-state index contributed by atoms with van der Waals surface area (Å²) in [6.07, 6.45) is 4.76. The molecule has 3 heterocycles. The lowest BCUT2D eigenvalue weighted by atomic mass is 9.33. The second-order valence-electron chi connectivity index (χ2n) is 30.1. The lowest BCUT2D eigenvalue weighted by Gasteiger charge is -2.45. The largest absolute Gasteiger partial charge is 0.311 e. The van der Waals surface area contributed by atoms with Crippen molar-refractivity contribution in [3.63, 3.8) is 0 Å². The first-order chi connectivity index (χ1) is 34.2. The van der Waals surface area contributed by atoms with Crippen LogP contribution in [0.1, 0.15) is 182 Å². The Bertz CT molecular complexity index is 3410. The molecule has 7 aromatic rings. The standard InChI is InChI=1S/C69H85BN2SSi/c1-63(2,3)44-23-28-55-56(38-44)71(48-36-45(64(4,5)6)35-46(37-48)65(7,8)9)57-33-43(42-21-25-49(26-22-42)74(18,19)20)34-58-61(57)70(55)60-50-40-53-54(69(16,17)32-31-68(53,14)15)41-59(50)73-62(60)72(58)47-24-27-51-52(39-47)67(12,13)30-29-66(51,10)11/h21-28,33-41H,29-32H2,1-20H3. The molecule has 2 nitrogen and oxygen atoms in total. The number of nitrogens with zero attached hydrogens (tertiary/aromatic N) is 2. The van der Waals surface area contributed by atoms with Crippen LogP contribution < -0.4 is 31.4 Å². The fourth-order valence-corrected chi connectivity index (χ4v) is 15.7. The van der Waals surface area contributed by atoms with Crippen LogP contribution in [0.4, 0.5) is 33.4 Å². The Kier molecular flexibility index (Phi) is 11.3. The molecule has 2 aliphatic heterocycles. The molecule has 0 atom stereocenters. The van der Waals surface area contributed by atoms with Gasteiger partial charge in [-0.3, -0.25) is 0 Å². The third-order valence-corrected chi connectivity index (χ3v) is 21.8. The molecule has 0 saturated heterocycles. The molecule has 0 saturated carbocycles. The Labute approximate surface area is 452 Å². The van der Waals surface area contributed by atoms with Crippen LogP contribution in [-0.2, 0) is 37.9 Å². The smallest absolute Gasteiger partial charge is 0.254 e. The van der Waals surface area contributed by atoms with Gasteiger partial charge >= 0.3 is 0 Å². The molecule has 1 aromatic heterocycles. The molecule has 74 heavy (non-hydrogen) atoms. The molecular weight excluding hydrogens is 928 g/mol. The summed E-state index contributed by atoms with van der Waals surface area (Å²) >= 11 is 2.04. The summed E-state index contributed by atoms with van der Waals surface area (Å²) in [4.78, 5) is 5.47. The monoisotopic (exact) mass is 1010 g/mol. The predicted molar refractivity (Wildman–Crippen MR) is 331 cm³/mol. The van der Waals surface area contributed by atoms with Gasteiger partial charge in [-0.05, 0) is 190 Å². The van der Waals surface area contributed by atoms with E-state index in [9.17, 15) is 0 Å². The highest BCUT2D eigenvalue weighted by Crippen LogP contribution is 2.55. The van der Waals surface area contributed by atoms with Gasteiger partial charge in [-0.1, -0.05) is 191 Å². The Balaban J connectivity index is 1.32. The highest BCUT2D eigenvalue weighted by atomic mass is 32.1. The van der Waals surface area contributed by atoms with Crippen molar-refractivity contribution in [1.29, 1.82) is 0 Å². The van der Waals surface area contributed by atoms with Crippen LogP contribution in [0, 0.1) is 0 Å². The summed E-state index contributed by atoms with van der Waals surface area (Å²) in [5, 5.41) is 4.28. The number of benzene rings is 6. The van der Waals surface area contributed by atoms with Crippen LogP contribution in [0.2, 0.25) is 19.6 Å². The molecule has 0 bridgehead atoms. The summed E-state index contributed by atoms with van der Waals surface area (Å²) < 4.78 is 1.41. The van der Waals surface area contributed by atoms with E-state index in [4.69, 9.17) is 0 Å². The van der Waals surface area contributed by atoms with Crippen LogP contribution in [0.3, 0.4) is 0 Å². The fraction of sp³-hybridized carbons (Fsp3) is 0.449. The normalized spacial score (nSPS) is 18.4. The SMILES string of the molecule is CC(C)(C)c1cc(N2c3cc(C(C)(C)C)ccc3B3c4c2cc(-c2ccc([Si](C)(C)C)cc2)cc4N(c2ccc4c(c2)C(C)(C)CCC4(C)C)c2sc4cc5c(cc4c23)C(C)(C)CCC5(C)C)cc(C(C)(C)C)c1. The van der Waals surface area contributed by atoms with Gasteiger partial charge in [0.15, 0.2) is 0 Å². The maximum Gasteiger partial charge on any atom is 0.254 e. The van der Waals surface area contributed by atoms with Gasteiger partial charge in [-0.25, -0.2) is 0 Å². The molecule has 6 aromatic carbocycles. The number of hydrogen-bond acceptors (Lipinski definition) is 3. The minimum atomic E-state index is -1.55. The molecule has 0 spiro atoms. The average molecular weight is 1010 g/mol. The van der Waals surface area contributed by atoms with Crippen LogP contribution in [0.15, 0.2) is 103 Å². The van der Waals surface area contributed by atoms with E-state index >= 15 is 0 Å². The third-order valence-electron chi connectivity index (χ3n) is 18.6. The molecule has 11 rings (SSSR count). The first-order valence-electron chi connectivity index (χ1n) is 28.1. The lowest BCUT2D eigenvalue weighted by molar-refractivity contribution is 0.332. The number of thiophene rings is 1. The van der Waals surface area contributed by atoms with Crippen molar-refractivity contribution in [2.45, 2.75) is 201 Å². The molecule has 0 N–H and O–H groups in total. The first-order valence-corrected chi connectivity index (χ1v) is 32.4. The molecule has 5 heteroatoms. The topological polar surface area (TPSA) is 6.48 Å². The van der Waals surface area contributed by atoms with E-state index in [-0.39, 0.29) is 44.6 Å². The van der Waals surface area contributed by atoms with Crippen molar-refractivity contribution in [3.8, 4) is 11.1 Å². The van der Waals surface area contributed by atoms with E-state index in [0.29, 0.717) is 0 Å². The Morgan fingerprint density at radius 2 is 0.959 bits per heavy atom. The van der Waals surface area contributed by atoms with Crippen molar-refractivity contribution < 1.29 is 0 Å². The first kappa shape index (κ1) is 51.3. The molecule has 0 fully saturated rings. The van der Waals surface area contributed by atoms with Gasteiger partial charge in [-0.15, -0.1) is 11.3 Å². The molecule has 4 aliphatic rings. The summed E-state index contributed by atoms with van der Waals surface area (Å²) in [6.45, 7) is 48.7. The molecule has 2 aliphatic carbocycles. The number of rotatable bonds is 4. The Hall–Kier alpha value is -4.84.